The minimum absolute atomic E-state index is 0.0456. The minimum Gasteiger partial charge on any atom is -0.460 e. The van der Waals surface area contributed by atoms with Crippen LogP contribution in [0.15, 0.2) is 0 Å². The first-order valence-corrected chi connectivity index (χ1v) is 7.82. The highest BCUT2D eigenvalue weighted by atomic mass is 16.5. The summed E-state index contributed by atoms with van der Waals surface area (Å²) in [6, 6.07) is 0.547. The van der Waals surface area contributed by atoms with Crippen molar-refractivity contribution in [3.63, 3.8) is 0 Å². The molecule has 1 rings (SSSR count). The summed E-state index contributed by atoms with van der Waals surface area (Å²) in [4.78, 5) is 11.8. The number of hydrogen-bond acceptors (Lipinski definition) is 3. The summed E-state index contributed by atoms with van der Waals surface area (Å²) in [5.41, 5.74) is 0. The monoisotopic (exact) mass is 271 g/mol. The van der Waals surface area contributed by atoms with Crippen molar-refractivity contribution in [2.24, 2.45) is 0 Å². The summed E-state index contributed by atoms with van der Waals surface area (Å²) < 4.78 is 6.19. The molecule has 0 aromatic carbocycles. The fourth-order valence-corrected chi connectivity index (χ4v) is 2.80. The van der Waals surface area contributed by atoms with Crippen LogP contribution in [0.1, 0.15) is 46.0 Å². The predicted octanol–water partition coefficient (Wildman–Crippen LogP) is 1.94. The molecule has 1 fully saturated rings. The van der Waals surface area contributed by atoms with E-state index in [-0.39, 0.29) is 5.97 Å². The van der Waals surface area contributed by atoms with Gasteiger partial charge in [0.05, 0.1) is 20.1 Å². The minimum atomic E-state index is -0.0456. The molecule has 1 aliphatic rings. The van der Waals surface area contributed by atoms with Crippen LogP contribution in [0.5, 0.6) is 0 Å². The van der Waals surface area contributed by atoms with Gasteiger partial charge in [-0.1, -0.05) is 13.8 Å². The topological polar surface area (TPSA) is 38.3 Å². The highest BCUT2D eigenvalue weighted by Crippen LogP contribution is 2.15. The molecular formula is C15H31N2O2+. The molecule has 0 amide bonds. The van der Waals surface area contributed by atoms with Crippen molar-refractivity contribution >= 4 is 5.97 Å². The van der Waals surface area contributed by atoms with Gasteiger partial charge in [0.25, 0.3) is 0 Å². The maximum absolute atomic E-state index is 11.8. The van der Waals surface area contributed by atoms with Gasteiger partial charge in [0.15, 0.2) is 6.54 Å². The maximum atomic E-state index is 11.8. The second-order valence-corrected chi connectivity index (χ2v) is 5.97. The van der Waals surface area contributed by atoms with Crippen LogP contribution < -0.4 is 5.32 Å². The predicted molar refractivity (Wildman–Crippen MR) is 78.0 cm³/mol. The first-order chi connectivity index (χ1) is 9.09. The Labute approximate surface area is 118 Å². The summed E-state index contributed by atoms with van der Waals surface area (Å²) in [6.07, 6.45) is 6.03. The Balaban J connectivity index is 2.13. The molecule has 1 saturated heterocycles. The van der Waals surface area contributed by atoms with Crippen LogP contribution in [0.3, 0.4) is 0 Å². The van der Waals surface area contributed by atoms with Gasteiger partial charge in [0.1, 0.15) is 6.61 Å². The third-order valence-electron chi connectivity index (χ3n) is 4.19. The van der Waals surface area contributed by atoms with Gasteiger partial charge in [-0.05, 0) is 32.1 Å². The summed E-state index contributed by atoms with van der Waals surface area (Å²) in [5.74, 6) is -0.0456. The Bertz CT molecular complexity index is 259. The third kappa shape index (κ3) is 6.39. The zero-order valence-electron chi connectivity index (χ0n) is 12.9. The van der Waals surface area contributed by atoms with E-state index in [1.54, 1.807) is 0 Å². The van der Waals surface area contributed by atoms with E-state index in [2.05, 4.69) is 26.2 Å². The molecular weight excluding hydrogens is 240 g/mol. The molecule has 19 heavy (non-hydrogen) atoms. The first-order valence-electron chi connectivity index (χ1n) is 7.82. The summed E-state index contributed by atoms with van der Waals surface area (Å²) in [7, 11) is 2.17. The van der Waals surface area contributed by atoms with Gasteiger partial charge in [0.2, 0.25) is 0 Å². The molecule has 1 N–H and O–H groups in total. The number of likely N-dealkylation sites (N-methyl/N-ethyl adjacent to an activating group) is 1. The van der Waals surface area contributed by atoms with Crippen LogP contribution in [0.25, 0.3) is 0 Å². The molecule has 0 saturated carbocycles. The highest BCUT2D eigenvalue weighted by molar-refractivity contribution is 5.70. The molecule has 4 heteroatoms. The lowest BCUT2D eigenvalue weighted by atomic mass is 10.1. The number of rotatable bonds is 8. The smallest absolute Gasteiger partial charge is 0.361 e. The molecule has 0 aromatic heterocycles. The standard InChI is InChI=1S/C15H31N2O2/c1-4-14(5-2)16-9-12-19-15(18)13-17(3)10-7-6-8-11-17/h14,16H,4-13H2,1-3H3/q+1. The first kappa shape index (κ1) is 16.4. The molecule has 4 nitrogen and oxygen atoms in total. The van der Waals surface area contributed by atoms with Crippen molar-refractivity contribution in [1.29, 1.82) is 0 Å². The Morgan fingerprint density at radius 1 is 1.21 bits per heavy atom. The molecule has 0 atom stereocenters. The third-order valence-corrected chi connectivity index (χ3v) is 4.19. The molecule has 0 unspecified atom stereocenters. The van der Waals surface area contributed by atoms with Crippen molar-refractivity contribution in [3.8, 4) is 0 Å². The van der Waals surface area contributed by atoms with E-state index in [4.69, 9.17) is 4.74 Å². The Kier molecular flexibility index (Phi) is 7.39. The normalized spacial score (nSPS) is 18.5. The van der Waals surface area contributed by atoms with E-state index in [0.29, 0.717) is 19.2 Å². The molecule has 0 radical (unpaired) electrons. The van der Waals surface area contributed by atoms with Crippen molar-refractivity contribution in [1.82, 2.24) is 5.32 Å². The average Bonchev–Trinajstić information content (AvgIpc) is 2.39. The molecule has 0 aliphatic carbocycles. The number of likely N-dealkylation sites (tertiary alicyclic amines) is 1. The lowest BCUT2D eigenvalue weighted by Crippen LogP contribution is -2.51. The number of piperidine rings is 1. The Hall–Kier alpha value is -0.610. The number of ether oxygens (including phenoxy) is 1. The highest BCUT2D eigenvalue weighted by Gasteiger charge is 2.28. The number of carbonyl (C=O) groups is 1. The molecule has 0 bridgehead atoms. The van der Waals surface area contributed by atoms with E-state index < -0.39 is 0 Å². The van der Waals surface area contributed by atoms with Gasteiger partial charge in [0, 0.05) is 12.6 Å². The van der Waals surface area contributed by atoms with Crippen LogP contribution in [0.2, 0.25) is 0 Å². The molecule has 0 spiro atoms. The van der Waals surface area contributed by atoms with Gasteiger partial charge in [-0.2, -0.15) is 0 Å². The number of carbonyl (C=O) groups excluding carboxylic acids is 1. The zero-order valence-corrected chi connectivity index (χ0v) is 12.9. The average molecular weight is 271 g/mol. The number of esters is 1. The number of quaternary nitrogens is 1. The summed E-state index contributed by atoms with van der Waals surface area (Å²) >= 11 is 0. The van der Waals surface area contributed by atoms with Crippen molar-refractivity contribution in [2.45, 2.75) is 52.0 Å². The van der Waals surface area contributed by atoms with E-state index in [1.807, 2.05) is 0 Å². The fourth-order valence-electron chi connectivity index (χ4n) is 2.80. The number of nitrogens with zero attached hydrogens (tertiary/aromatic N) is 1. The van der Waals surface area contributed by atoms with Gasteiger partial charge >= 0.3 is 5.97 Å². The van der Waals surface area contributed by atoms with Gasteiger partial charge < -0.3 is 14.5 Å². The molecule has 1 heterocycles. The van der Waals surface area contributed by atoms with Crippen LogP contribution in [-0.2, 0) is 9.53 Å². The van der Waals surface area contributed by atoms with E-state index in [1.165, 1.54) is 19.3 Å². The van der Waals surface area contributed by atoms with Gasteiger partial charge in [-0.15, -0.1) is 0 Å². The lowest BCUT2D eigenvalue weighted by Gasteiger charge is -2.36. The van der Waals surface area contributed by atoms with Crippen molar-refractivity contribution < 1.29 is 14.0 Å². The number of nitrogens with one attached hydrogen (secondary N) is 1. The Morgan fingerprint density at radius 2 is 1.84 bits per heavy atom. The van der Waals surface area contributed by atoms with E-state index in [0.717, 1.165) is 37.0 Å². The van der Waals surface area contributed by atoms with Gasteiger partial charge in [-0.25, -0.2) is 4.79 Å². The second kappa shape index (κ2) is 8.54. The lowest BCUT2D eigenvalue weighted by molar-refractivity contribution is -0.907. The molecule has 1 aliphatic heterocycles. The van der Waals surface area contributed by atoms with E-state index >= 15 is 0 Å². The molecule has 0 aromatic rings. The van der Waals surface area contributed by atoms with E-state index in [9.17, 15) is 4.79 Å². The fraction of sp³-hybridized carbons (Fsp3) is 0.933. The SMILES string of the molecule is CCC(CC)NCCOC(=O)C[N+]1(C)CCCCC1. The van der Waals surface area contributed by atoms with Crippen LogP contribution in [0, 0.1) is 0 Å². The summed E-state index contributed by atoms with van der Waals surface area (Å²) in [5, 5.41) is 3.41. The maximum Gasteiger partial charge on any atom is 0.361 e. The zero-order chi connectivity index (χ0) is 14.1. The Morgan fingerprint density at radius 3 is 2.42 bits per heavy atom. The molecule has 112 valence electrons. The second-order valence-electron chi connectivity index (χ2n) is 5.97. The van der Waals surface area contributed by atoms with Crippen molar-refractivity contribution in [2.75, 3.05) is 39.8 Å². The van der Waals surface area contributed by atoms with Crippen LogP contribution in [0.4, 0.5) is 0 Å². The van der Waals surface area contributed by atoms with Crippen LogP contribution >= 0.6 is 0 Å². The van der Waals surface area contributed by atoms with Crippen molar-refractivity contribution in [3.05, 3.63) is 0 Å². The van der Waals surface area contributed by atoms with Gasteiger partial charge in [-0.3, -0.25) is 0 Å². The number of hydrogen-bond donors (Lipinski definition) is 1. The van der Waals surface area contributed by atoms with Crippen LogP contribution in [-0.4, -0.2) is 56.3 Å². The quantitative estimate of drug-likeness (QED) is 0.416. The largest absolute Gasteiger partial charge is 0.460 e. The summed E-state index contributed by atoms with van der Waals surface area (Å²) in [6.45, 7) is 8.37.